The molecule has 1 saturated carbocycles. The Morgan fingerprint density at radius 2 is 1.61 bits per heavy atom. The molecule has 0 aromatic heterocycles. The van der Waals surface area contributed by atoms with Gasteiger partial charge in [-0.05, 0) is 6.42 Å². The molecule has 18 heavy (non-hydrogen) atoms. The van der Waals surface area contributed by atoms with Gasteiger partial charge in [-0.15, -0.1) is 0 Å². The largest absolute Gasteiger partial charge is 0.481 e. The topological polar surface area (TPSA) is 107 Å². The van der Waals surface area contributed by atoms with Gasteiger partial charge in [0.15, 0.2) is 0 Å². The van der Waals surface area contributed by atoms with Crippen molar-refractivity contribution < 1.29 is 33.8 Å². The molecule has 100 valence electrons. The van der Waals surface area contributed by atoms with Crippen molar-refractivity contribution in [3.63, 3.8) is 0 Å². The third-order valence-corrected chi connectivity index (χ3v) is 3.25. The van der Waals surface area contributed by atoms with Crippen molar-refractivity contribution in [3.05, 3.63) is 0 Å². The molecule has 1 fully saturated rings. The monoisotopic (exact) mass is 258 g/mol. The second-order valence-electron chi connectivity index (χ2n) is 4.08. The van der Waals surface area contributed by atoms with Gasteiger partial charge in [0.1, 0.15) is 6.29 Å². The maximum atomic E-state index is 11.6. The molecule has 0 aromatic rings. The minimum Gasteiger partial charge on any atom is -0.481 e. The fourth-order valence-corrected chi connectivity index (χ4v) is 2.40. The van der Waals surface area contributed by atoms with E-state index in [1.807, 2.05) is 0 Å². The number of aliphatic carboxylic acids is 1. The first-order valence-electron chi connectivity index (χ1n) is 5.31. The van der Waals surface area contributed by atoms with E-state index in [9.17, 15) is 19.2 Å². The number of ether oxygens (including phenoxy) is 2. The number of carboxylic acids is 1. The Morgan fingerprint density at radius 1 is 1.11 bits per heavy atom. The highest BCUT2D eigenvalue weighted by molar-refractivity contribution is 5.90. The number of esters is 2. The van der Waals surface area contributed by atoms with Gasteiger partial charge in [0, 0.05) is 5.92 Å². The van der Waals surface area contributed by atoms with E-state index >= 15 is 0 Å². The minimum atomic E-state index is -1.23. The Kier molecular flexibility index (Phi) is 4.41. The highest BCUT2D eigenvalue weighted by Crippen LogP contribution is 2.42. The van der Waals surface area contributed by atoms with E-state index in [4.69, 9.17) is 5.11 Å². The second kappa shape index (κ2) is 5.61. The number of carboxylic acid groups (broad SMARTS) is 1. The van der Waals surface area contributed by atoms with Gasteiger partial charge >= 0.3 is 17.9 Å². The zero-order chi connectivity index (χ0) is 13.9. The summed E-state index contributed by atoms with van der Waals surface area (Å²) in [6.45, 7) is 0. The highest BCUT2D eigenvalue weighted by Gasteiger charge is 2.54. The fourth-order valence-electron chi connectivity index (χ4n) is 2.40. The molecule has 0 bridgehead atoms. The van der Waals surface area contributed by atoms with E-state index in [-0.39, 0.29) is 6.42 Å². The Balaban J connectivity index is 3.14. The van der Waals surface area contributed by atoms with Gasteiger partial charge in [0.25, 0.3) is 0 Å². The van der Waals surface area contributed by atoms with Crippen LogP contribution in [0.5, 0.6) is 0 Å². The van der Waals surface area contributed by atoms with Gasteiger partial charge in [-0.1, -0.05) is 0 Å². The lowest BCUT2D eigenvalue weighted by Gasteiger charge is -2.19. The molecule has 1 aliphatic rings. The predicted octanol–water partition coefficient (Wildman–Crippen LogP) is -0.516. The van der Waals surface area contributed by atoms with Crippen LogP contribution in [0.15, 0.2) is 0 Å². The summed E-state index contributed by atoms with van der Waals surface area (Å²) in [6, 6.07) is 0. The smallest absolute Gasteiger partial charge is 0.310 e. The van der Waals surface area contributed by atoms with E-state index < -0.39 is 41.6 Å². The fraction of sp³-hybridized carbons (Fsp3) is 0.636. The van der Waals surface area contributed by atoms with E-state index in [0.717, 1.165) is 14.2 Å². The molecule has 0 radical (unpaired) electrons. The summed E-state index contributed by atoms with van der Waals surface area (Å²) in [5.41, 5.74) is 0. The van der Waals surface area contributed by atoms with Gasteiger partial charge in [0.05, 0.1) is 32.0 Å². The maximum Gasteiger partial charge on any atom is 0.310 e. The Bertz CT molecular complexity index is 376. The van der Waals surface area contributed by atoms with Crippen molar-refractivity contribution in [3.8, 4) is 0 Å². The standard InChI is InChI=1S/C11H14O7/c1-17-10(15)7-5(4-12)3-6(9(13)14)8(7)11(16)18-2/h4-8H,3H2,1-2H3,(H,13,14)/t5-,6-,7-,8+/m1/s1. The van der Waals surface area contributed by atoms with Crippen molar-refractivity contribution in [2.75, 3.05) is 14.2 Å². The van der Waals surface area contributed by atoms with E-state index in [1.165, 1.54) is 0 Å². The lowest BCUT2D eigenvalue weighted by atomic mass is 9.87. The van der Waals surface area contributed by atoms with Crippen molar-refractivity contribution in [1.82, 2.24) is 0 Å². The number of rotatable bonds is 4. The molecule has 0 heterocycles. The van der Waals surface area contributed by atoms with Crippen LogP contribution in [0.25, 0.3) is 0 Å². The summed E-state index contributed by atoms with van der Waals surface area (Å²) in [5.74, 6) is -7.06. The Hall–Kier alpha value is -1.92. The van der Waals surface area contributed by atoms with E-state index in [2.05, 4.69) is 9.47 Å². The molecular formula is C11H14O7. The summed E-state index contributed by atoms with van der Waals surface area (Å²) >= 11 is 0. The highest BCUT2D eigenvalue weighted by atomic mass is 16.5. The molecule has 0 saturated heterocycles. The van der Waals surface area contributed by atoms with Crippen LogP contribution in [0.2, 0.25) is 0 Å². The molecule has 0 amide bonds. The predicted molar refractivity (Wildman–Crippen MR) is 56.3 cm³/mol. The van der Waals surface area contributed by atoms with E-state index in [1.54, 1.807) is 0 Å². The zero-order valence-electron chi connectivity index (χ0n) is 9.99. The molecule has 1 N–H and O–H groups in total. The molecule has 0 aliphatic heterocycles. The van der Waals surface area contributed by atoms with Gasteiger partial charge in [-0.25, -0.2) is 0 Å². The number of carbonyl (C=O) groups excluding carboxylic acids is 3. The van der Waals surface area contributed by atoms with E-state index in [0.29, 0.717) is 6.29 Å². The second-order valence-corrected chi connectivity index (χ2v) is 4.08. The molecule has 4 atom stereocenters. The number of hydrogen-bond donors (Lipinski definition) is 1. The number of methoxy groups -OCH3 is 2. The first kappa shape index (κ1) is 14.1. The van der Waals surface area contributed by atoms with Crippen LogP contribution in [0, 0.1) is 23.7 Å². The molecule has 1 aliphatic carbocycles. The molecule has 0 unspecified atom stereocenters. The number of carbonyl (C=O) groups is 4. The molecule has 1 rings (SSSR count). The van der Waals surface area contributed by atoms with Crippen molar-refractivity contribution >= 4 is 24.2 Å². The van der Waals surface area contributed by atoms with Crippen LogP contribution in [0.1, 0.15) is 6.42 Å². The summed E-state index contributed by atoms with van der Waals surface area (Å²) in [4.78, 5) is 45.2. The molecule has 7 heteroatoms. The average Bonchev–Trinajstić information content (AvgIpc) is 2.76. The summed E-state index contributed by atoms with van der Waals surface area (Å²) in [5, 5.41) is 9.04. The molecule has 0 spiro atoms. The maximum absolute atomic E-state index is 11.6. The zero-order valence-corrected chi connectivity index (χ0v) is 9.99. The molecular weight excluding hydrogens is 244 g/mol. The normalized spacial score (nSPS) is 30.6. The number of aldehydes is 1. The van der Waals surface area contributed by atoms with Crippen molar-refractivity contribution in [2.45, 2.75) is 6.42 Å². The summed E-state index contributed by atoms with van der Waals surface area (Å²) < 4.78 is 9.03. The lowest BCUT2D eigenvalue weighted by molar-refractivity contribution is -0.162. The van der Waals surface area contributed by atoms with Crippen LogP contribution < -0.4 is 0 Å². The van der Waals surface area contributed by atoms with Crippen molar-refractivity contribution in [2.24, 2.45) is 23.7 Å². The Morgan fingerprint density at radius 3 is 2.00 bits per heavy atom. The average molecular weight is 258 g/mol. The van der Waals surface area contributed by atoms with Crippen LogP contribution in [-0.2, 0) is 28.7 Å². The van der Waals surface area contributed by atoms with Gasteiger partial charge < -0.3 is 19.4 Å². The van der Waals surface area contributed by atoms with Crippen LogP contribution >= 0.6 is 0 Å². The van der Waals surface area contributed by atoms with Crippen LogP contribution in [0.3, 0.4) is 0 Å². The molecule has 7 nitrogen and oxygen atoms in total. The summed E-state index contributed by atoms with van der Waals surface area (Å²) in [7, 11) is 2.22. The molecule has 0 aromatic carbocycles. The first-order valence-corrected chi connectivity index (χ1v) is 5.31. The number of hydrogen-bond acceptors (Lipinski definition) is 6. The van der Waals surface area contributed by atoms with Gasteiger partial charge in [0.2, 0.25) is 0 Å². The summed E-state index contributed by atoms with van der Waals surface area (Å²) in [6.07, 6.45) is 0.416. The van der Waals surface area contributed by atoms with Gasteiger partial charge in [-0.3, -0.25) is 14.4 Å². The van der Waals surface area contributed by atoms with Crippen LogP contribution in [0.4, 0.5) is 0 Å². The third-order valence-electron chi connectivity index (χ3n) is 3.25. The van der Waals surface area contributed by atoms with Crippen LogP contribution in [-0.4, -0.2) is 43.5 Å². The minimum absolute atomic E-state index is 0.0711. The van der Waals surface area contributed by atoms with Crippen molar-refractivity contribution in [1.29, 1.82) is 0 Å². The first-order chi connectivity index (χ1) is 8.47. The lowest BCUT2D eigenvalue weighted by Crippen LogP contribution is -2.35. The Labute approximate surface area is 103 Å². The third kappa shape index (κ3) is 2.34. The van der Waals surface area contributed by atoms with Gasteiger partial charge in [-0.2, -0.15) is 0 Å². The quantitative estimate of drug-likeness (QED) is 0.534. The SMILES string of the molecule is COC(=O)[C@@H]1[C@H](C(=O)OC)[C@@H](C=O)C[C@H]1C(=O)O.